The van der Waals surface area contributed by atoms with E-state index in [-0.39, 0.29) is 6.04 Å². The normalized spacial score (nSPS) is 21.2. The van der Waals surface area contributed by atoms with Crippen molar-refractivity contribution in [2.75, 3.05) is 37.7 Å². The molecule has 0 spiro atoms. The Kier molecular flexibility index (Phi) is 5.40. The van der Waals surface area contributed by atoms with Crippen molar-refractivity contribution >= 4 is 15.8 Å². The van der Waals surface area contributed by atoms with E-state index in [2.05, 4.69) is 22.9 Å². The topological polar surface area (TPSA) is 62.7 Å². The zero-order valence-electron chi connectivity index (χ0n) is 16.5. The third-order valence-corrected chi connectivity index (χ3v) is 7.58. The summed E-state index contributed by atoms with van der Waals surface area (Å²) in [4.78, 5) is 7.24. The van der Waals surface area contributed by atoms with Crippen LogP contribution in [0, 0.1) is 13.8 Å². The Morgan fingerprint density at radius 3 is 2.46 bits per heavy atom. The van der Waals surface area contributed by atoms with Gasteiger partial charge in [-0.15, -0.1) is 0 Å². The smallest absolute Gasteiger partial charge is 0.243 e. The molecular weight excluding hydrogens is 374 g/mol. The molecule has 2 aromatic rings. The van der Waals surface area contributed by atoms with Gasteiger partial charge in [0.2, 0.25) is 10.0 Å². The molecule has 6 nitrogen and oxygen atoms in total. The fourth-order valence-electron chi connectivity index (χ4n) is 4.05. The highest BCUT2D eigenvalue weighted by Crippen LogP contribution is 2.38. The Morgan fingerprint density at radius 2 is 1.79 bits per heavy atom. The van der Waals surface area contributed by atoms with Crippen LogP contribution < -0.4 is 4.90 Å². The first-order valence-electron chi connectivity index (χ1n) is 9.84. The molecule has 0 N–H and O–H groups in total. The lowest BCUT2D eigenvalue weighted by atomic mass is 10.0. The first kappa shape index (κ1) is 19.4. The Morgan fingerprint density at radius 1 is 1.07 bits per heavy atom. The summed E-state index contributed by atoms with van der Waals surface area (Å²) in [5.41, 5.74) is 3.15. The number of sulfonamides is 1. The number of aromatic nitrogens is 1. The predicted octanol–water partition coefficient (Wildman–Crippen LogP) is 3.06. The second-order valence-electron chi connectivity index (χ2n) is 7.59. The van der Waals surface area contributed by atoms with Crippen molar-refractivity contribution < 1.29 is 13.2 Å². The lowest BCUT2D eigenvalue weighted by molar-refractivity contribution is 0.122. The second kappa shape index (κ2) is 7.81. The highest BCUT2D eigenvalue weighted by molar-refractivity contribution is 7.89. The van der Waals surface area contributed by atoms with Gasteiger partial charge in [-0.2, -0.15) is 4.31 Å². The number of nitrogens with zero attached hydrogens (tertiary/aromatic N) is 3. The van der Waals surface area contributed by atoms with Crippen LogP contribution in [-0.2, 0) is 14.8 Å². The molecule has 0 aliphatic carbocycles. The van der Waals surface area contributed by atoms with Crippen LogP contribution in [0.2, 0.25) is 0 Å². The highest BCUT2D eigenvalue weighted by Gasteiger charge is 2.37. The van der Waals surface area contributed by atoms with Crippen molar-refractivity contribution in [2.45, 2.75) is 37.6 Å². The third-order valence-electron chi connectivity index (χ3n) is 5.66. The number of ether oxygens (including phenoxy) is 1. The minimum Gasteiger partial charge on any atom is -0.378 e. The molecule has 0 saturated carbocycles. The lowest BCUT2D eigenvalue weighted by Crippen LogP contribution is -2.37. The second-order valence-corrected chi connectivity index (χ2v) is 9.48. The van der Waals surface area contributed by atoms with Crippen LogP contribution in [0.25, 0.3) is 0 Å². The maximum absolute atomic E-state index is 13.2. The molecular formula is C21H27N3O3S. The van der Waals surface area contributed by atoms with E-state index in [1.165, 1.54) is 0 Å². The minimum absolute atomic E-state index is 0.155. The van der Waals surface area contributed by atoms with Gasteiger partial charge in [-0.25, -0.2) is 13.4 Å². The summed E-state index contributed by atoms with van der Waals surface area (Å²) < 4.78 is 33.5. The molecule has 28 heavy (non-hydrogen) atoms. The molecule has 1 atom stereocenters. The number of benzene rings is 1. The molecule has 150 valence electrons. The number of pyridine rings is 1. The van der Waals surface area contributed by atoms with Gasteiger partial charge >= 0.3 is 0 Å². The van der Waals surface area contributed by atoms with Gasteiger partial charge in [-0.05, 0) is 56.0 Å². The zero-order chi connectivity index (χ0) is 19.7. The summed E-state index contributed by atoms with van der Waals surface area (Å²) in [5, 5.41) is 0. The summed E-state index contributed by atoms with van der Waals surface area (Å²) in [7, 11) is -3.52. The van der Waals surface area contributed by atoms with Crippen molar-refractivity contribution in [2.24, 2.45) is 0 Å². The number of morpholine rings is 1. The lowest BCUT2D eigenvalue weighted by Gasteiger charge is -2.29. The summed E-state index contributed by atoms with van der Waals surface area (Å²) in [5.74, 6) is 0.940. The van der Waals surface area contributed by atoms with Gasteiger partial charge in [-0.1, -0.05) is 17.7 Å². The summed E-state index contributed by atoms with van der Waals surface area (Å²) in [6.45, 7) is 7.66. The van der Waals surface area contributed by atoms with Gasteiger partial charge in [0, 0.05) is 25.8 Å². The molecule has 2 aliphatic rings. The Labute approximate surface area is 167 Å². The standard InChI is InChI=1S/C21H27N3O3S/c1-16-5-7-18(8-6-16)28(25,26)24-9-3-4-20(24)19-15-22-21(14-17(19)2)23-10-12-27-13-11-23/h5-8,14-15,20H,3-4,9-13H2,1-2H3/t20-/m1/s1. The fourth-order valence-corrected chi connectivity index (χ4v) is 5.72. The molecule has 4 rings (SSSR count). The van der Waals surface area contributed by atoms with Crippen LogP contribution in [0.3, 0.4) is 0 Å². The van der Waals surface area contributed by atoms with Crippen molar-refractivity contribution in [1.29, 1.82) is 0 Å². The van der Waals surface area contributed by atoms with Crippen LogP contribution in [0.5, 0.6) is 0 Å². The maximum Gasteiger partial charge on any atom is 0.243 e. The van der Waals surface area contributed by atoms with E-state index in [0.717, 1.165) is 48.4 Å². The molecule has 7 heteroatoms. The van der Waals surface area contributed by atoms with E-state index >= 15 is 0 Å². The van der Waals surface area contributed by atoms with Crippen LogP contribution in [0.4, 0.5) is 5.82 Å². The van der Waals surface area contributed by atoms with E-state index < -0.39 is 10.0 Å². The quantitative estimate of drug-likeness (QED) is 0.788. The number of hydrogen-bond donors (Lipinski definition) is 0. The molecule has 2 fully saturated rings. The molecule has 1 aromatic heterocycles. The molecule has 0 unspecified atom stereocenters. The van der Waals surface area contributed by atoms with Gasteiger partial charge in [0.05, 0.1) is 24.2 Å². The highest BCUT2D eigenvalue weighted by atomic mass is 32.2. The number of rotatable bonds is 4. The molecule has 0 amide bonds. The van der Waals surface area contributed by atoms with Crippen LogP contribution >= 0.6 is 0 Å². The Balaban J connectivity index is 1.62. The number of hydrogen-bond acceptors (Lipinski definition) is 5. The van der Waals surface area contributed by atoms with Gasteiger partial charge in [-0.3, -0.25) is 0 Å². The van der Waals surface area contributed by atoms with Crippen molar-refractivity contribution in [1.82, 2.24) is 9.29 Å². The molecule has 2 aliphatic heterocycles. The first-order valence-corrected chi connectivity index (χ1v) is 11.3. The monoisotopic (exact) mass is 401 g/mol. The van der Waals surface area contributed by atoms with Gasteiger partial charge in [0.25, 0.3) is 0 Å². The number of anilines is 1. The van der Waals surface area contributed by atoms with E-state index in [1.54, 1.807) is 16.4 Å². The fraction of sp³-hybridized carbons (Fsp3) is 0.476. The first-order chi connectivity index (χ1) is 13.5. The third kappa shape index (κ3) is 3.66. The summed E-state index contributed by atoms with van der Waals surface area (Å²) in [6, 6.07) is 9.02. The van der Waals surface area contributed by atoms with Crippen molar-refractivity contribution in [3.63, 3.8) is 0 Å². The van der Waals surface area contributed by atoms with Gasteiger partial charge in [0.15, 0.2) is 0 Å². The van der Waals surface area contributed by atoms with Crippen molar-refractivity contribution in [3.8, 4) is 0 Å². The van der Waals surface area contributed by atoms with Gasteiger partial charge in [0.1, 0.15) is 5.82 Å². The predicted molar refractivity (Wildman–Crippen MR) is 109 cm³/mol. The zero-order valence-corrected chi connectivity index (χ0v) is 17.3. The summed E-state index contributed by atoms with van der Waals surface area (Å²) >= 11 is 0. The molecule has 0 bridgehead atoms. The molecule has 3 heterocycles. The largest absolute Gasteiger partial charge is 0.378 e. The van der Waals surface area contributed by atoms with E-state index in [0.29, 0.717) is 24.7 Å². The Bertz CT molecular complexity index is 938. The molecule has 0 radical (unpaired) electrons. The molecule has 1 aromatic carbocycles. The van der Waals surface area contributed by atoms with E-state index in [9.17, 15) is 8.42 Å². The number of aryl methyl sites for hydroxylation is 2. The minimum atomic E-state index is -3.52. The average Bonchev–Trinajstić information content (AvgIpc) is 3.19. The average molecular weight is 402 g/mol. The Hall–Kier alpha value is -1.96. The van der Waals surface area contributed by atoms with Gasteiger partial charge < -0.3 is 9.64 Å². The van der Waals surface area contributed by atoms with Crippen LogP contribution in [0.1, 0.15) is 35.6 Å². The maximum atomic E-state index is 13.2. The molecule has 2 saturated heterocycles. The van der Waals surface area contributed by atoms with E-state index in [1.807, 2.05) is 25.3 Å². The summed E-state index contributed by atoms with van der Waals surface area (Å²) in [6.07, 6.45) is 3.55. The SMILES string of the molecule is Cc1ccc(S(=O)(=O)N2CCC[C@@H]2c2cnc(N3CCOCC3)cc2C)cc1. The van der Waals surface area contributed by atoms with Crippen LogP contribution in [-0.4, -0.2) is 50.6 Å². The van der Waals surface area contributed by atoms with Crippen molar-refractivity contribution in [3.05, 3.63) is 53.2 Å². The van der Waals surface area contributed by atoms with Crippen LogP contribution in [0.15, 0.2) is 41.4 Å². The van der Waals surface area contributed by atoms with E-state index in [4.69, 9.17) is 4.74 Å².